The first kappa shape index (κ1) is 15.4. The van der Waals surface area contributed by atoms with Gasteiger partial charge in [0.15, 0.2) is 18.2 Å². The topological polar surface area (TPSA) is 58.6 Å². The van der Waals surface area contributed by atoms with Crippen LogP contribution in [-0.2, 0) is 4.79 Å². The summed E-state index contributed by atoms with van der Waals surface area (Å²) in [6.07, 6.45) is 0.393. The number of carbonyl (C=O) groups is 1. The molecule has 0 saturated heterocycles. The third-order valence-corrected chi connectivity index (χ3v) is 2.47. The highest BCUT2D eigenvalue weighted by Gasteiger charge is 2.20. The molecule has 4 nitrogen and oxygen atoms in total. The number of rotatable bonds is 6. The molecule has 19 heavy (non-hydrogen) atoms. The Morgan fingerprint density at radius 3 is 2.68 bits per heavy atom. The minimum atomic E-state index is -0.859. The number of benzene rings is 1. The van der Waals surface area contributed by atoms with Crippen LogP contribution >= 0.6 is 0 Å². The van der Waals surface area contributed by atoms with Crippen molar-refractivity contribution < 1.29 is 23.4 Å². The maximum atomic E-state index is 13.2. The molecule has 0 aliphatic rings. The lowest BCUT2D eigenvalue weighted by molar-refractivity contribution is -0.124. The molecule has 0 aliphatic heterocycles. The van der Waals surface area contributed by atoms with E-state index in [1.807, 2.05) is 0 Å². The van der Waals surface area contributed by atoms with Crippen LogP contribution in [0, 0.1) is 11.6 Å². The molecule has 0 unspecified atom stereocenters. The second kappa shape index (κ2) is 6.47. The van der Waals surface area contributed by atoms with Crippen molar-refractivity contribution in [3.05, 3.63) is 29.8 Å². The first-order valence-electron chi connectivity index (χ1n) is 5.84. The van der Waals surface area contributed by atoms with Gasteiger partial charge >= 0.3 is 0 Å². The summed E-state index contributed by atoms with van der Waals surface area (Å²) >= 11 is 0. The van der Waals surface area contributed by atoms with Crippen molar-refractivity contribution in [3.8, 4) is 5.75 Å². The molecule has 0 spiro atoms. The van der Waals surface area contributed by atoms with E-state index >= 15 is 0 Å². The fourth-order valence-electron chi connectivity index (χ4n) is 1.49. The van der Waals surface area contributed by atoms with E-state index in [0.29, 0.717) is 12.5 Å². The second-order valence-corrected chi connectivity index (χ2v) is 4.77. The summed E-state index contributed by atoms with van der Waals surface area (Å²) in [5, 5.41) is 11.5. The van der Waals surface area contributed by atoms with E-state index in [9.17, 15) is 13.6 Å². The van der Waals surface area contributed by atoms with Crippen LogP contribution in [0.3, 0.4) is 0 Å². The molecule has 106 valence electrons. The molecule has 0 fully saturated rings. The van der Waals surface area contributed by atoms with Crippen molar-refractivity contribution in [3.63, 3.8) is 0 Å². The molecule has 0 aliphatic carbocycles. The van der Waals surface area contributed by atoms with Crippen LogP contribution in [0.2, 0.25) is 0 Å². The number of amides is 1. The van der Waals surface area contributed by atoms with E-state index < -0.39 is 23.1 Å². The monoisotopic (exact) mass is 273 g/mol. The van der Waals surface area contributed by atoms with E-state index in [-0.39, 0.29) is 19.0 Å². The first-order chi connectivity index (χ1) is 8.84. The van der Waals surface area contributed by atoms with Crippen molar-refractivity contribution in [1.29, 1.82) is 0 Å². The summed E-state index contributed by atoms with van der Waals surface area (Å²) in [4.78, 5) is 11.6. The molecule has 0 radical (unpaired) electrons. The van der Waals surface area contributed by atoms with Crippen LogP contribution < -0.4 is 10.1 Å². The highest BCUT2D eigenvalue weighted by molar-refractivity contribution is 5.78. The maximum Gasteiger partial charge on any atom is 0.258 e. The number of aliphatic hydroxyl groups excluding tert-OH is 1. The van der Waals surface area contributed by atoms with E-state index in [0.717, 1.165) is 12.1 Å². The van der Waals surface area contributed by atoms with Crippen LogP contribution in [0.4, 0.5) is 8.78 Å². The quantitative estimate of drug-likeness (QED) is 0.828. The van der Waals surface area contributed by atoms with Gasteiger partial charge in [0.25, 0.3) is 5.91 Å². The van der Waals surface area contributed by atoms with Gasteiger partial charge in [-0.05, 0) is 32.4 Å². The Balaban J connectivity index is 2.50. The Bertz CT molecular complexity index is 450. The molecule has 1 amide bonds. The number of carbonyl (C=O) groups excluding carboxylic acids is 1. The number of aliphatic hydroxyl groups is 1. The smallest absolute Gasteiger partial charge is 0.258 e. The van der Waals surface area contributed by atoms with E-state index in [4.69, 9.17) is 9.84 Å². The number of hydrogen-bond acceptors (Lipinski definition) is 3. The lowest BCUT2D eigenvalue weighted by Gasteiger charge is -2.25. The normalized spacial score (nSPS) is 11.2. The minimum absolute atomic E-state index is 0.0548. The lowest BCUT2D eigenvalue weighted by Crippen LogP contribution is -2.46. The summed E-state index contributed by atoms with van der Waals surface area (Å²) in [5.74, 6) is -2.19. The number of hydrogen-bond donors (Lipinski definition) is 2. The van der Waals surface area contributed by atoms with Gasteiger partial charge in [-0.1, -0.05) is 0 Å². The van der Waals surface area contributed by atoms with Crippen LogP contribution in [-0.4, -0.2) is 29.8 Å². The van der Waals surface area contributed by atoms with Crippen LogP contribution in [0.5, 0.6) is 5.75 Å². The zero-order valence-electron chi connectivity index (χ0n) is 10.9. The van der Waals surface area contributed by atoms with Gasteiger partial charge in [0, 0.05) is 18.2 Å². The summed E-state index contributed by atoms with van der Waals surface area (Å²) < 4.78 is 30.8. The molecular formula is C13H17F2NO3. The van der Waals surface area contributed by atoms with E-state index in [1.165, 1.54) is 0 Å². The Morgan fingerprint density at radius 2 is 2.11 bits per heavy atom. The van der Waals surface area contributed by atoms with Crippen LogP contribution in [0.15, 0.2) is 18.2 Å². The summed E-state index contributed by atoms with van der Waals surface area (Å²) in [6, 6.07) is 2.85. The standard InChI is InChI=1S/C13H17F2NO3/c1-13(2,5-6-17)16-12(18)8-19-11-4-3-9(14)7-10(11)15/h3-4,7,17H,5-6,8H2,1-2H3,(H,16,18). The van der Waals surface area contributed by atoms with Crippen LogP contribution in [0.1, 0.15) is 20.3 Å². The molecule has 0 aromatic heterocycles. The number of halogens is 2. The zero-order valence-corrected chi connectivity index (χ0v) is 10.9. The van der Waals surface area contributed by atoms with E-state index in [1.54, 1.807) is 13.8 Å². The van der Waals surface area contributed by atoms with Crippen LogP contribution in [0.25, 0.3) is 0 Å². The van der Waals surface area contributed by atoms with Gasteiger partial charge < -0.3 is 15.2 Å². The largest absolute Gasteiger partial charge is 0.481 e. The van der Waals surface area contributed by atoms with Gasteiger partial charge in [0.1, 0.15) is 5.82 Å². The predicted octanol–water partition coefficient (Wildman–Crippen LogP) is 1.62. The second-order valence-electron chi connectivity index (χ2n) is 4.77. The number of ether oxygens (including phenoxy) is 1. The summed E-state index contributed by atoms with van der Waals surface area (Å²) in [6.45, 7) is 3.07. The Morgan fingerprint density at radius 1 is 1.42 bits per heavy atom. The van der Waals surface area contributed by atoms with E-state index in [2.05, 4.69) is 5.32 Å². The molecule has 0 saturated carbocycles. The molecule has 0 heterocycles. The fourth-order valence-corrected chi connectivity index (χ4v) is 1.49. The average molecular weight is 273 g/mol. The van der Waals surface area contributed by atoms with Gasteiger partial charge in [-0.15, -0.1) is 0 Å². The first-order valence-corrected chi connectivity index (χ1v) is 5.84. The predicted molar refractivity (Wildman–Crippen MR) is 65.8 cm³/mol. The highest BCUT2D eigenvalue weighted by Crippen LogP contribution is 2.17. The Hall–Kier alpha value is -1.69. The zero-order chi connectivity index (χ0) is 14.5. The molecule has 1 rings (SSSR count). The molecule has 0 atom stereocenters. The fraction of sp³-hybridized carbons (Fsp3) is 0.462. The minimum Gasteiger partial charge on any atom is -0.481 e. The molecule has 2 N–H and O–H groups in total. The van der Waals surface area contributed by atoms with Crippen molar-refractivity contribution in [2.45, 2.75) is 25.8 Å². The lowest BCUT2D eigenvalue weighted by atomic mass is 10.0. The van der Waals surface area contributed by atoms with Gasteiger partial charge in [0.05, 0.1) is 0 Å². The molecule has 1 aromatic rings. The third kappa shape index (κ3) is 5.21. The molecule has 0 bridgehead atoms. The Kier molecular flexibility index (Phi) is 5.23. The highest BCUT2D eigenvalue weighted by atomic mass is 19.1. The van der Waals surface area contributed by atoms with Crippen molar-refractivity contribution in [2.75, 3.05) is 13.2 Å². The van der Waals surface area contributed by atoms with Gasteiger partial charge in [0.2, 0.25) is 0 Å². The third-order valence-electron chi connectivity index (χ3n) is 2.47. The maximum absolute atomic E-state index is 13.2. The number of nitrogens with one attached hydrogen (secondary N) is 1. The van der Waals surface area contributed by atoms with Crippen molar-refractivity contribution in [1.82, 2.24) is 5.32 Å². The Labute approximate surface area is 110 Å². The van der Waals surface area contributed by atoms with Crippen molar-refractivity contribution in [2.24, 2.45) is 0 Å². The average Bonchev–Trinajstić information content (AvgIpc) is 2.26. The van der Waals surface area contributed by atoms with Gasteiger partial charge in [-0.3, -0.25) is 4.79 Å². The molecular weight excluding hydrogens is 256 g/mol. The van der Waals surface area contributed by atoms with Gasteiger partial charge in [-0.2, -0.15) is 0 Å². The van der Waals surface area contributed by atoms with Gasteiger partial charge in [-0.25, -0.2) is 8.78 Å². The SMILES string of the molecule is CC(C)(CCO)NC(=O)COc1ccc(F)cc1F. The summed E-state index contributed by atoms with van der Waals surface area (Å²) in [5.41, 5.74) is -0.573. The summed E-state index contributed by atoms with van der Waals surface area (Å²) in [7, 11) is 0. The molecule has 6 heteroatoms. The molecule has 1 aromatic carbocycles. The van der Waals surface area contributed by atoms with Crippen molar-refractivity contribution >= 4 is 5.91 Å².